The molecule has 0 saturated heterocycles. The fraction of sp³-hybridized carbons (Fsp3) is 0.786. The van der Waals surface area contributed by atoms with Gasteiger partial charge in [-0.15, -0.1) is 0 Å². The molecule has 7 heteroatoms. The highest BCUT2D eigenvalue weighted by molar-refractivity contribution is 5.84. The summed E-state index contributed by atoms with van der Waals surface area (Å²) in [5.74, 6) is -1.05. The summed E-state index contributed by atoms with van der Waals surface area (Å²) in [6.07, 6.45) is 1.05. The van der Waals surface area contributed by atoms with Crippen LogP contribution in [0.15, 0.2) is 0 Å². The van der Waals surface area contributed by atoms with Crippen LogP contribution in [0.3, 0.4) is 0 Å². The van der Waals surface area contributed by atoms with Crippen molar-refractivity contribution in [2.75, 3.05) is 27.2 Å². The zero-order valence-electron chi connectivity index (χ0n) is 13.6. The maximum Gasteiger partial charge on any atom is 0.318 e. The van der Waals surface area contributed by atoms with E-state index in [4.69, 9.17) is 5.11 Å². The van der Waals surface area contributed by atoms with Gasteiger partial charge in [-0.2, -0.15) is 0 Å². The number of nitrogens with zero attached hydrogens (tertiary/aromatic N) is 2. The van der Waals surface area contributed by atoms with Crippen molar-refractivity contribution in [3.63, 3.8) is 0 Å². The summed E-state index contributed by atoms with van der Waals surface area (Å²) in [5.41, 5.74) is -0.636. The Hall–Kier alpha value is -1.79. The maximum absolute atomic E-state index is 12.2. The van der Waals surface area contributed by atoms with Gasteiger partial charge in [0.1, 0.15) is 6.54 Å². The molecule has 7 nitrogen and oxygen atoms in total. The SMILES string of the molecule is CCCN(CC(=O)N(C)C)C(=O)NC(C)(C)CCC(=O)O. The lowest BCUT2D eigenvalue weighted by Crippen LogP contribution is -2.52. The number of carbonyl (C=O) groups excluding carboxylic acids is 2. The largest absolute Gasteiger partial charge is 0.481 e. The van der Waals surface area contributed by atoms with Gasteiger partial charge in [-0.25, -0.2) is 4.79 Å². The van der Waals surface area contributed by atoms with E-state index in [9.17, 15) is 14.4 Å². The molecule has 0 fully saturated rings. The van der Waals surface area contributed by atoms with Gasteiger partial charge in [0.25, 0.3) is 0 Å². The number of hydrogen-bond donors (Lipinski definition) is 2. The Labute approximate surface area is 126 Å². The van der Waals surface area contributed by atoms with Crippen LogP contribution >= 0.6 is 0 Å². The number of carbonyl (C=O) groups is 3. The average molecular weight is 301 g/mol. The van der Waals surface area contributed by atoms with Crippen molar-refractivity contribution in [2.24, 2.45) is 0 Å². The van der Waals surface area contributed by atoms with Gasteiger partial charge in [0.05, 0.1) is 0 Å². The molecule has 0 heterocycles. The maximum atomic E-state index is 12.2. The number of hydrogen-bond acceptors (Lipinski definition) is 3. The Morgan fingerprint density at radius 3 is 2.19 bits per heavy atom. The summed E-state index contributed by atoms with van der Waals surface area (Å²) in [5, 5.41) is 11.5. The highest BCUT2D eigenvalue weighted by Crippen LogP contribution is 2.12. The lowest BCUT2D eigenvalue weighted by molar-refractivity contribution is -0.137. The summed E-state index contributed by atoms with van der Waals surface area (Å²) >= 11 is 0. The monoisotopic (exact) mass is 301 g/mol. The summed E-state index contributed by atoms with van der Waals surface area (Å²) in [6.45, 7) is 5.95. The molecular weight excluding hydrogens is 274 g/mol. The molecule has 0 saturated carbocycles. The molecule has 0 aliphatic rings. The molecule has 0 radical (unpaired) electrons. The van der Waals surface area contributed by atoms with E-state index in [2.05, 4.69) is 5.32 Å². The van der Waals surface area contributed by atoms with Gasteiger partial charge in [0.15, 0.2) is 0 Å². The van der Waals surface area contributed by atoms with Gasteiger partial charge < -0.3 is 20.2 Å². The normalized spacial score (nSPS) is 10.9. The summed E-state index contributed by atoms with van der Waals surface area (Å²) in [6, 6.07) is -0.345. The van der Waals surface area contributed by atoms with Gasteiger partial charge in [-0.1, -0.05) is 6.92 Å². The number of urea groups is 1. The van der Waals surface area contributed by atoms with Crippen LogP contribution in [0.2, 0.25) is 0 Å². The Morgan fingerprint density at radius 1 is 1.19 bits per heavy atom. The van der Waals surface area contributed by atoms with Crippen molar-refractivity contribution >= 4 is 17.9 Å². The van der Waals surface area contributed by atoms with E-state index in [0.29, 0.717) is 13.0 Å². The second-order valence-electron chi connectivity index (χ2n) is 5.92. The number of carboxylic acid groups (broad SMARTS) is 1. The van der Waals surface area contributed by atoms with Crippen LogP contribution in [0.25, 0.3) is 0 Å². The van der Waals surface area contributed by atoms with Crippen LogP contribution < -0.4 is 5.32 Å². The minimum atomic E-state index is -0.898. The molecule has 0 spiro atoms. The molecule has 2 N–H and O–H groups in total. The molecule has 0 aliphatic carbocycles. The third-order valence-corrected chi connectivity index (χ3v) is 3.01. The van der Waals surface area contributed by atoms with Crippen molar-refractivity contribution in [2.45, 2.75) is 45.6 Å². The van der Waals surface area contributed by atoms with Crippen molar-refractivity contribution in [1.29, 1.82) is 0 Å². The predicted octanol–water partition coefficient (Wildman–Crippen LogP) is 1.14. The van der Waals surface area contributed by atoms with Gasteiger partial charge in [0, 0.05) is 32.6 Å². The van der Waals surface area contributed by atoms with Gasteiger partial charge in [0.2, 0.25) is 5.91 Å². The fourth-order valence-electron chi connectivity index (χ4n) is 1.68. The quantitative estimate of drug-likeness (QED) is 0.703. The van der Waals surface area contributed by atoms with Crippen LogP contribution in [0.5, 0.6) is 0 Å². The Kier molecular flexibility index (Phi) is 7.76. The van der Waals surface area contributed by atoms with E-state index in [1.54, 1.807) is 27.9 Å². The molecule has 0 aromatic heterocycles. The average Bonchev–Trinajstić information content (AvgIpc) is 2.35. The van der Waals surface area contributed by atoms with Crippen molar-refractivity contribution in [3.8, 4) is 0 Å². The zero-order chi connectivity index (χ0) is 16.6. The lowest BCUT2D eigenvalue weighted by Gasteiger charge is -2.31. The minimum Gasteiger partial charge on any atom is -0.481 e. The van der Waals surface area contributed by atoms with E-state index in [0.717, 1.165) is 6.42 Å². The third kappa shape index (κ3) is 8.16. The van der Waals surface area contributed by atoms with Crippen LogP contribution in [-0.4, -0.2) is 65.5 Å². The Morgan fingerprint density at radius 2 is 1.76 bits per heavy atom. The fourth-order valence-corrected chi connectivity index (χ4v) is 1.68. The first kappa shape index (κ1) is 19.2. The zero-order valence-corrected chi connectivity index (χ0v) is 13.6. The van der Waals surface area contributed by atoms with Crippen molar-refractivity contribution in [3.05, 3.63) is 0 Å². The van der Waals surface area contributed by atoms with E-state index in [1.165, 1.54) is 9.80 Å². The molecule has 0 atom stereocenters. The molecule has 0 aromatic carbocycles. The number of amides is 3. The van der Waals surface area contributed by atoms with E-state index < -0.39 is 11.5 Å². The third-order valence-electron chi connectivity index (χ3n) is 3.01. The molecular formula is C14H27N3O4. The minimum absolute atomic E-state index is 0.0156. The number of nitrogens with one attached hydrogen (secondary N) is 1. The Bertz CT molecular complexity index is 380. The first-order chi connectivity index (χ1) is 9.59. The molecule has 0 rings (SSSR count). The number of rotatable bonds is 8. The van der Waals surface area contributed by atoms with Crippen molar-refractivity contribution in [1.82, 2.24) is 15.1 Å². The highest BCUT2D eigenvalue weighted by Gasteiger charge is 2.25. The van der Waals surface area contributed by atoms with Gasteiger partial charge in [-0.3, -0.25) is 9.59 Å². The molecule has 122 valence electrons. The van der Waals surface area contributed by atoms with Crippen molar-refractivity contribution < 1.29 is 19.5 Å². The molecule has 0 unspecified atom stereocenters. The topological polar surface area (TPSA) is 90.0 Å². The molecule has 0 aliphatic heterocycles. The first-order valence-corrected chi connectivity index (χ1v) is 7.08. The van der Waals surface area contributed by atoms with Crippen LogP contribution in [0.1, 0.15) is 40.0 Å². The second-order valence-corrected chi connectivity index (χ2v) is 5.92. The number of aliphatic carboxylic acids is 1. The first-order valence-electron chi connectivity index (χ1n) is 7.08. The second kappa shape index (κ2) is 8.49. The standard InChI is InChI=1S/C14H27N3O4/c1-6-9-17(10-11(18)16(4)5)13(21)15-14(2,3)8-7-12(19)20/h6-10H2,1-5H3,(H,15,21)(H,19,20). The van der Waals surface area contributed by atoms with Crippen LogP contribution in [0, 0.1) is 0 Å². The molecule has 21 heavy (non-hydrogen) atoms. The molecule has 3 amide bonds. The van der Waals surface area contributed by atoms with Crippen LogP contribution in [0.4, 0.5) is 4.79 Å². The Balaban J connectivity index is 4.66. The predicted molar refractivity (Wildman–Crippen MR) is 80.0 cm³/mol. The van der Waals surface area contributed by atoms with Crippen LogP contribution in [-0.2, 0) is 9.59 Å². The highest BCUT2D eigenvalue weighted by atomic mass is 16.4. The van der Waals surface area contributed by atoms with E-state index in [-0.39, 0.29) is 24.9 Å². The van der Waals surface area contributed by atoms with Gasteiger partial charge in [-0.05, 0) is 26.7 Å². The molecule has 0 bridgehead atoms. The number of carboxylic acids is 1. The number of likely N-dealkylation sites (N-methyl/N-ethyl adjacent to an activating group) is 1. The smallest absolute Gasteiger partial charge is 0.318 e. The summed E-state index contributed by atoms with van der Waals surface area (Å²) in [7, 11) is 3.28. The lowest BCUT2D eigenvalue weighted by atomic mass is 9.99. The van der Waals surface area contributed by atoms with E-state index in [1.807, 2.05) is 6.92 Å². The van der Waals surface area contributed by atoms with Gasteiger partial charge >= 0.3 is 12.0 Å². The van der Waals surface area contributed by atoms with E-state index >= 15 is 0 Å². The summed E-state index contributed by atoms with van der Waals surface area (Å²) in [4.78, 5) is 37.5. The molecule has 0 aromatic rings. The summed E-state index contributed by atoms with van der Waals surface area (Å²) < 4.78 is 0.